The molecule has 4 atom stereocenters. The molecule has 1 aromatic heterocycles. The maximum Gasteiger partial charge on any atom is 0.416 e. The van der Waals surface area contributed by atoms with E-state index in [0.717, 1.165) is 24.2 Å². The van der Waals surface area contributed by atoms with Gasteiger partial charge >= 0.3 is 12.3 Å². The molecule has 2 amide bonds. The van der Waals surface area contributed by atoms with E-state index in [0.29, 0.717) is 43.0 Å². The number of carbonyl (C=O) groups excluding carboxylic acids is 2. The predicted molar refractivity (Wildman–Crippen MR) is 163 cm³/mol. The minimum atomic E-state index is -4.41. The summed E-state index contributed by atoms with van der Waals surface area (Å²) in [6.45, 7) is 13.9. The van der Waals surface area contributed by atoms with Gasteiger partial charge in [0, 0.05) is 43.8 Å². The second-order valence-corrected chi connectivity index (χ2v) is 13.3. The molecule has 2 unspecified atom stereocenters. The van der Waals surface area contributed by atoms with E-state index < -0.39 is 17.3 Å². The quantitative estimate of drug-likeness (QED) is 0.329. The number of nitrogens with zero attached hydrogens (tertiary/aromatic N) is 6. The Kier molecular flexibility index (Phi) is 8.99. The Labute approximate surface area is 261 Å². The van der Waals surface area contributed by atoms with Crippen LogP contribution in [0.1, 0.15) is 81.2 Å². The van der Waals surface area contributed by atoms with Crippen molar-refractivity contribution in [3.8, 4) is 5.69 Å². The Hall–Kier alpha value is -3.93. The van der Waals surface area contributed by atoms with Crippen LogP contribution in [-0.4, -0.2) is 79.0 Å². The lowest BCUT2D eigenvalue weighted by Gasteiger charge is -2.44. The average Bonchev–Trinajstić information content (AvgIpc) is 3.60. The number of rotatable bonds is 5. The van der Waals surface area contributed by atoms with E-state index in [1.165, 1.54) is 12.1 Å². The molecule has 5 rings (SSSR count). The largest absolute Gasteiger partial charge is 0.444 e. The number of piperazine rings is 1. The van der Waals surface area contributed by atoms with Gasteiger partial charge in [0.25, 0.3) is 5.91 Å². The molecule has 0 N–H and O–H groups in total. The van der Waals surface area contributed by atoms with Gasteiger partial charge in [0.05, 0.1) is 29.2 Å². The maximum atomic E-state index is 13.7. The highest BCUT2D eigenvalue weighted by molar-refractivity contribution is 5.95. The SMILES string of the molecule is CC1CCN(C(=O)c2cccc(-n3cc(CN4[C@H](C)CN(C(=O)OC(C)(C)C)C[C@@H]4C)nn3)c2)C1c1ccc(C(F)(F)F)cc1. The Morgan fingerprint density at radius 2 is 1.64 bits per heavy atom. The van der Waals surface area contributed by atoms with Crippen LogP contribution in [0.25, 0.3) is 5.69 Å². The van der Waals surface area contributed by atoms with Gasteiger partial charge in [-0.05, 0) is 82.9 Å². The number of benzene rings is 2. The second-order valence-electron chi connectivity index (χ2n) is 13.3. The molecular weight excluding hydrogens is 585 g/mol. The van der Waals surface area contributed by atoms with Crippen LogP contribution in [0.5, 0.6) is 0 Å². The van der Waals surface area contributed by atoms with E-state index in [1.54, 1.807) is 32.7 Å². The molecule has 0 saturated carbocycles. The highest BCUT2D eigenvalue weighted by Gasteiger charge is 2.38. The van der Waals surface area contributed by atoms with Crippen LogP contribution in [0.15, 0.2) is 54.7 Å². The molecule has 12 heteroatoms. The molecule has 3 heterocycles. The van der Waals surface area contributed by atoms with Gasteiger partial charge in [-0.25, -0.2) is 9.48 Å². The molecule has 2 aromatic carbocycles. The Balaban J connectivity index is 1.27. The van der Waals surface area contributed by atoms with Crippen molar-refractivity contribution < 1.29 is 27.5 Å². The molecular formula is C33H41F3N6O3. The third-order valence-corrected chi connectivity index (χ3v) is 8.54. The number of halogens is 3. The minimum absolute atomic E-state index is 0.0767. The van der Waals surface area contributed by atoms with Gasteiger partial charge in [-0.2, -0.15) is 13.2 Å². The lowest BCUT2D eigenvalue weighted by Crippen LogP contribution is -2.58. The van der Waals surface area contributed by atoms with Gasteiger partial charge < -0.3 is 14.5 Å². The normalized spacial score (nSPS) is 23.0. The fourth-order valence-electron chi connectivity index (χ4n) is 6.33. The number of hydrogen-bond acceptors (Lipinski definition) is 6. The monoisotopic (exact) mass is 626 g/mol. The van der Waals surface area contributed by atoms with Gasteiger partial charge in [-0.15, -0.1) is 5.10 Å². The summed E-state index contributed by atoms with van der Waals surface area (Å²) in [4.78, 5) is 32.2. The molecule has 0 spiro atoms. The predicted octanol–water partition coefficient (Wildman–Crippen LogP) is 6.34. The number of hydrogen-bond donors (Lipinski definition) is 0. The van der Waals surface area contributed by atoms with Crippen molar-refractivity contribution >= 4 is 12.0 Å². The second kappa shape index (κ2) is 12.5. The summed E-state index contributed by atoms with van der Waals surface area (Å²) in [6, 6.07) is 12.1. The lowest BCUT2D eigenvalue weighted by atomic mass is 9.94. The highest BCUT2D eigenvalue weighted by Crippen LogP contribution is 2.39. The van der Waals surface area contributed by atoms with E-state index >= 15 is 0 Å². The summed E-state index contributed by atoms with van der Waals surface area (Å²) in [5, 5.41) is 8.71. The zero-order valence-electron chi connectivity index (χ0n) is 26.6. The molecule has 242 valence electrons. The smallest absolute Gasteiger partial charge is 0.416 e. The van der Waals surface area contributed by atoms with Crippen molar-refractivity contribution in [2.75, 3.05) is 19.6 Å². The van der Waals surface area contributed by atoms with Crippen molar-refractivity contribution in [2.24, 2.45) is 5.92 Å². The van der Waals surface area contributed by atoms with Gasteiger partial charge in [-0.3, -0.25) is 9.69 Å². The average molecular weight is 627 g/mol. The molecule has 2 aliphatic rings. The zero-order chi connectivity index (χ0) is 32.7. The van der Waals surface area contributed by atoms with E-state index in [4.69, 9.17) is 4.74 Å². The standard InChI is InChI=1S/C33H41F3N6O3/c1-21-14-15-40(29(21)24-10-12-26(13-11-24)33(34,35)36)30(43)25-8-7-9-28(16-25)42-20-27(37-38-42)19-41-22(2)17-39(18-23(41)3)31(44)45-32(4,5)6/h7-13,16,20-23,29H,14-15,17-19H2,1-6H3/t21?,22-,23+,29?. The fraction of sp³-hybridized carbons (Fsp3) is 0.515. The Morgan fingerprint density at radius 1 is 0.978 bits per heavy atom. The summed E-state index contributed by atoms with van der Waals surface area (Å²) in [6.07, 6.45) is -2.13. The summed E-state index contributed by atoms with van der Waals surface area (Å²) in [7, 11) is 0. The van der Waals surface area contributed by atoms with Crippen LogP contribution in [-0.2, 0) is 17.5 Å². The summed E-state index contributed by atoms with van der Waals surface area (Å²) in [5.74, 6) is -0.0838. The van der Waals surface area contributed by atoms with Crippen molar-refractivity contribution in [1.82, 2.24) is 29.7 Å². The lowest BCUT2D eigenvalue weighted by molar-refractivity contribution is -0.137. The van der Waals surface area contributed by atoms with Crippen LogP contribution < -0.4 is 0 Å². The van der Waals surface area contributed by atoms with Gasteiger partial charge in [-0.1, -0.05) is 30.3 Å². The van der Waals surface area contributed by atoms with E-state index in [1.807, 2.05) is 40.0 Å². The van der Waals surface area contributed by atoms with E-state index in [2.05, 4.69) is 29.1 Å². The first-order valence-corrected chi connectivity index (χ1v) is 15.3. The zero-order valence-corrected chi connectivity index (χ0v) is 26.6. The van der Waals surface area contributed by atoms with E-state index in [-0.39, 0.29) is 36.0 Å². The molecule has 45 heavy (non-hydrogen) atoms. The molecule has 2 fully saturated rings. The topological polar surface area (TPSA) is 83.8 Å². The first-order chi connectivity index (χ1) is 21.1. The summed E-state index contributed by atoms with van der Waals surface area (Å²) in [5.41, 5.74) is 1.33. The molecule has 9 nitrogen and oxygen atoms in total. The summed E-state index contributed by atoms with van der Waals surface area (Å²) >= 11 is 0. The number of likely N-dealkylation sites (tertiary alicyclic amines) is 1. The van der Waals surface area contributed by atoms with E-state index in [9.17, 15) is 22.8 Å². The van der Waals surface area contributed by atoms with Crippen LogP contribution >= 0.6 is 0 Å². The molecule has 2 aliphatic heterocycles. The number of carbonyl (C=O) groups is 2. The highest BCUT2D eigenvalue weighted by atomic mass is 19.4. The molecule has 2 saturated heterocycles. The first-order valence-electron chi connectivity index (χ1n) is 15.3. The third kappa shape index (κ3) is 7.32. The van der Waals surface area contributed by atoms with Gasteiger partial charge in [0.1, 0.15) is 5.60 Å². The van der Waals surface area contributed by atoms with Gasteiger partial charge in [0.15, 0.2) is 0 Å². The Morgan fingerprint density at radius 3 is 2.27 bits per heavy atom. The van der Waals surface area contributed by atoms with Crippen molar-refractivity contribution in [1.29, 1.82) is 0 Å². The minimum Gasteiger partial charge on any atom is -0.444 e. The number of amides is 2. The maximum absolute atomic E-state index is 13.7. The van der Waals surface area contributed by atoms with Crippen molar-refractivity contribution in [3.63, 3.8) is 0 Å². The van der Waals surface area contributed by atoms with Crippen molar-refractivity contribution in [3.05, 3.63) is 77.1 Å². The number of alkyl halides is 3. The molecule has 0 radical (unpaired) electrons. The van der Waals surface area contributed by atoms with Crippen LogP contribution in [0.3, 0.4) is 0 Å². The first kappa shape index (κ1) is 32.5. The van der Waals surface area contributed by atoms with Crippen LogP contribution in [0, 0.1) is 5.92 Å². The fourth-order valence-corrected chi connectivity index (χ4v) is 6.33. The van der Waals surface area contributed by atoms with Gasteiger partial charge in [0.2, 0.25) is 0 Å². The Bertz CT molecular complexity index is 1500. The molecule has 0 bridgehead atoms. The third-order valence-electron chi connectivity index (χ3n) is 8.54. The number of ether oxygens (including phenoxy) is 1. The number of aromatic nitrogens is 3. The van der Waals surface area contributed by atoms with Crippen LogP contribution in [0.2, 0.25) is 0 Å². The van der Waals surface area contributed by atoms with Crippen molar-refractivity contribution in [2.45, 2.75) is 84.4 Å². The van der Waals surface area contributed by atoms with Crippen LogP contribution in [0.4, 0.5) is 18.0 Å². The molecule has 0 aliphatic carbocycles. The summed E-state index contributed by atoms with van der Waals surface area (Å²) < 4.78 is 46.6. The molecule has 3 aromatic rings.